The molecule has 1 rings (SSSR count). The first-order valence-electron chi connectivity index (χ1n) is 30.1. The fourth-order valence-corrected chi connectivity index (χ4v) is 9.06. The third-order valence-electron chi connectivity index (χ3n) is 13.9. The third-order valence-corrected chi connectivity index (χ3v) is 13.9. The summed E-state index contributed by atoms with van der Waals surface area (Å²) in [6, 6.07) is -1.03. The van der Waals surface area contributed by atoms with Gasteiger partial charge < -0.3 is 45.1 Å². The van der Waals surface area contributed by atoms with Gasteiger partial charge in [0.1, 0.15) is 24.4 Å². The highest BCUT2D eigenvalue weighted by Crippen LogP contribution is 2.26. The van der Waals surface area contributed by atoms with Crippen LogP contribution in [0.1, 0.15) is 258 Å². The summed E-state index contributed by atoms with van der Waals surface area (Å²) in [6.07, 6.45) is 51.1. The second-order valence-electron chi connectivity index (χ2n) is 20.7. The average Bonchev–Trinajstić information content (AvgIpc) is 3.39. The van der Waals surface area contributed by atoms with E-state index in [1.54, 1.807) is 6.08 Å². The summed E-state index contributed by atoms with van der Waals surface area (Å²) in [5, 5.41) is 56.8. The minimum Gasteiger partial charge on any atom is -0.454 e. The highest BCUT2D eigenvalue weighted by Gasteiger charge is 2.47. The highest BCUT2D eigenvalue weighted by molar-refractivity contribution is 5.80. The second kappa shape index (κ2) is 50.2. The number of rotatable bonds is 50. The molecule has 1 fully saturated rings. The fourth-order valence-electron chi connectivity index (χ4n) is 9.06. The zero-order chi connectivity index (χ0) is 53.3. The Kier molecular flexibility index (Phi) is 47.0. The molecule has 1 amide bonds. The number of amides is 1. The molecule has 1 aliphatic heterocycles. The van der Waals surface area contributed by atoms with Crippen molar-refractivity contribution in [3.05, 3.63) is 60.8 Å². The van der Waals surface area contributed by atoms with Gasteiger partial charge in [-0.1, -0.05) is 223 Å². The second-order valence-corrected chi connectivity index (χ2v) is 20.7. The van der Waals surface area contributed by atoms with Gasteiger partial charge in [0.2, 0.25) is 5.91 Å². The Balaban J connectivity index is 2.69. The van der Waals surface area contributed by atoms with Gasteiger partial charge in [-0.15, -0.1) is 0 Å². The summed E-state index contributed by atoms with van der Waals surface area (Å²) in [5.74, 6) is -1.21. The van der Waals surface area contributed by atoms with E-state index in [4.69, 9.17) is 14.2 Å². The molecule has 6 N–H and O–H groups in total. The van der Waals surface area contributed by atoms with Gasteiger partial charge in [-0.3, -0.25) is 9.59 Å². The lowest BCUT2D eigenvalue weighted by molar-refractivity contribution is -0.305. The van der Waals surface area contributed by atoms with Crippen LogP contribution in [-0.4, -0.2) is 99.6 Å². The SMILES string of the molecule is CCCCC/C=C\C/C=C\C/C=C\CCCCCCCCC(=O)OC1C(OCC(NC(=O)C(O)CCCCCCCC/C=C\CCCCCC)C(O)/C=C/CCCCCCCCCCC)OC(CO)C(O)C1O. The molecule has 0 aromatic rings. The van der Waals surface area contributed by atoms with Crippen molar-refractivity contribution in [2.24, 2.45) is 0 Å². The largest absolute Gasteiger partial charge is 0.454 e. The van der Waals surface area contributed by atoms with E-state index >= 15 is 0 Å². The molecule has 11 nitrogen and oxygen atoms in total. The van der Waals surface area contributed by atoms with Gasteiger partial charge in [0.15, 0.2) is 12.4 Å². The quantitative estimate of drug-likeness (QED) is 0.0195. The van der Waals surface area contributed by atoms with E-state index in [0.717, 1.165) is 103 Å². The van der Waals surface area contributed by atoms with Gasteiger partial charge >= 0.3 is 5.97 Å². The monoisotopic (exact) mass is 1030 g/mol. The van der Waals surface area contributed by atoms with Crippen molar-refractivity contribution in [1.82, 2.24) is 5.32 Å². The van der Waals surface area contributed by atoms with Crippen LogP contribution >= 0.6 is 0 Å². The van der Waals surface area contributed by atoms with E-state index in [1.807, 2.05) is 6.08 Å². The van der Waals surface area contributed by atoms with Crippen molar-refractivity contribution in [2.75, 3.05) is 13.2 Å². The van der Waals surface area contributed by atoms with E-state index in [1.165, 1.54) is 109 Å². The molecule has 0 bridgehead atoms. The molecule has 0 saturated carbocycles. The molecule has 8 atom stereocenters. The Labute approximate surface area is 446 Å². The molecule has 0 spiro atoms. The predicted molar refractivity (Wildman–Crippen MR) is 301 cm³/mol. The zero-order valence-corrected chi connectivity index (χ0v) is 46.7. The first-order valence-corrected chi connectivity index (χ1v) is 30.1. The lowest BCUT2D eigenvalue weighted by Crippen LogP contribution is -2.61. The Morgan fingerprint density at radius 3 is 1.47 bits per heavy atom. The number of esters is 1. The Morgan fingerprint density at radius 2 is 0.945 bits per heavy atom. The maximum Gasteiger partial charge on any atom is 0.306 e. The summed E-state index contributed by atoms with van der Waals surface area (Å²) in [7, 11) is 0. The van der Waals surface area contributed by atoms with Crippen molar-refractivity contribution in [3.63, 3.8) is 0 Å². The first kappa shape index (κ1) is 68.4. The predicted octanol–water partition coefficient (Wildman–Crippen LogP) is 13.8. The normalized spacial score (nSPS) is 19.8. The van der Waals surface area contributed by atoms with Crippen molar-refractivity contribution < 1.29 is 49.3 Å². The Morgan fingerprint density at radius 1 is 0.534 bits per heavy atom. The van der Waals surface area contributed by atoms with Gasteiger partial charge in [-0.25, -0.2) is 0 Å². The summed E-state index contributed by atoms with van der Waals surface area (Å²) in [5.41, 5.74) is 0. The molecule has 0 aromatic carbocycles. The summed E-state index contributed by atoms with van der Waals surface area (Å²) in [4.78, 5) is 26.5. The number of allylic oxidation sites excluding steroid dienone is 9. The van der Waals surface area contributed by atoms with E-state index in [0.29, 0.717) is 12.8 Å². The Bertz CT molecular complexity index is 1420. The van der Waals surface area contributed by atoms with Gasteiger partial charge in [0.25, 0.3) is 0 Å². The third kappa shape index (κ3) is 38.5. The number of ether oxygens (including phenoxy) is 3. The molecule has 0 aromatic heterocycles. The smallest absolute Gasteiger partial charge is 0.306 e. The van der Waals surface area contributed by atoms with Crippen molar-refractivity contribution in [3.8, 4) is 0 Å². The lowest BCUT2D eigenvalue weighted by Gasteiger charge is -2.41. The molecule has 424 valence electrons. The minimum atomic E-state index is -1.62. The van der Waals surface area contributed by atoms with Gasteiger partial charge in [-0.2, -0.15) is 0 Å². The minimum absolute atomic E-state index is 0.107. The topological polar surface area (TPSA) is 175 Å². The standard InChI is InChI=1S/C62H111NO10/c1-4-7-10-13-16-19-22-24-26-27-28-29-30-32-35-38-41-44-47-50-57(67)73-60-59(69)58(68)56(51-64)72-62(60)71-52-53(54(65)48-45-42-39-36-33-21-18-15-12-9-6-3)63-61(70)55(66)49-46-43-40-37-34-31-25-23-20-17-14-11-8-5-2/h16,19-20,23-24,26,28-29,45,48,53-56,58-60,62,64-66,68-69H,4-15,17-18,21-22,25,27,30-44,46-47,49-52H2,1-3H3,(H,63,70)/b19-16-,23-20-,26-24-,29-28-,48-45+. The molecule has 1 aliphatic rings. The van der Waals surface area contributed by atoms with Crippen LogP contribution in [0.4, 0.5) is 0 Å². The molecule has 1 saturated heterocycles. The molecule has 0 radical (unpaired) electrons. The van der Waals surface area contributed by atoms with Crippen LogP contribution in [-0.2, 0) is 23.8 Å². The van der Waals surface area contributed by atoms with E-state index in [2.05, 4.69) is 74.7 Å². The van der Waals surface area contributed by atoms with E-state index in [-0.39, 0.29) is 19.4 Å². The van der Waals surface area contributed by atoms with Gasteiger partial charge in [0, 0.05) is 6.42 Å². The molecular weight excluding hydrogens is 919 g/mol. The van der Waals surface area contributed by atoms with Crippen LogP contribution in [0.15, 0.2) is 60.8 Å². The zero-order valence-electron chi connectivity index (χ0n) is 46.7. The van der Waals surface area contributed by atoms with Crippen molar-refractivity contribution >= 4 is 11.9 Å². The van der Waals surface area contributed by atoms with Gasteiger partial charge in [-0.05, 0) is 89.9 Å². The number of unbranched alkanes of at least 4 members (excludes halogenated alkanes) is 28. The van der Waals surface area contributed by atoms with Crippen LogP contribution in [0.2, 0.25) is 0 Å². The lowest BCUT2D eigenvalue weighted by atomic mass is 9.99. The summed E-state index contributed by atoms with van der Waals surface area (Å²) >= 11 is 0. The van der Waals surface area contributed by atoms with Crippen molar-refractivity contribution in [1.29, 1.82) is 0 Å². The fraction of sp³-hybridized carbons (Fsp3) is 0.806. The number of nitrogens with one attached hydrogen (secondary N) is 1. The first-order chi connectivity index (χ1) is 35.7. The number of carbonyl (C=O) groups is 2. The van der Waals surface area contributed by atoms with Crippen LogP contribution in [0.5, 0.6) is 0 Å². The highest BCUT2D eigenvalue weighted by atomic mass is 16.7. The number of hydrogen-bond acceptors (Lipinski definition) is 10. The summed E-state index contributed by atoms with van der Waals surface area (Å²) in [6.45, 7) is 5.73. The van der Waals surface area contributed by atoms with Crippen LogP contribution < -0.4 is 5.32 Å². The Hall–Kier alpha value is -2.64. The van der Waals surface area contributed by atoms with E-state index in [9.17, 15) is 35.1 Å². The van der Waals surface area contributed by atoms with Crippen LogP contribution in [0.25, 0.3) is 0 Å². The molecule has 1 heterocycles. The van der Waals surface area contributed by atoms with Crippen LogP contribution in [0, 0.1) is 0 Å². The summed E-state index contributed by atoms with van der Waals surface area (Å²) < 4.78 is 17.6. The maximum atomic E-state index is 13.4. The number of hydrogen-bond donors (Lipinski definition) is 6. The maximum absolute atomic E-state index is 13.4. The van der Waals surface area contributed by atoms with E-state index < -0.39 is 67.4 Å². The molecule has 8 unspecified atom stereocenters. The molecule has 0 aliphatic carbocycles. The van der Waals surface area contributed by atoms with Crippen molar-refractivity contribution in [2.45, 2.75) is 307 Å². The number of aliphatic hydroxyl groups is 5. The van der Waals surface area contributed by atoms with Crippen LogP contribution in [0.3, 0.4) is 0 Å². The molecule has 73 heavy (non-hydrogen) atoms. The number of aliphatic hydroxyl groups excluding tert-OH is 5. The molecule has 11 heteroatoms. The average molecular weight is 1030 g/mol. The number of carbonyl (C=O) groups excluding carboxylic acids is 2. The van der Waals surface area contributed by atoms with Gasteiger partial charge in [0.05, 0.1) is 25.4 Å². The molecular formula is C62H111NO10.